The highest BCUT2D eigenvalue weighted by atomic mass is 32.1. The lowest BCUT2D eigenvalue weighted by atomic mass is 10.1. The maximum atomic E-state index is 12.5. The first-order chi connectivity index (χ1) is 10.3. The molecule has 0 radical (unpaired) electrons. The van der Waals surface area contributed by atoms with Gasteiger partial charge in [-0.2, -0.15) is 11.3 Å². The van der Waals surface area contributed by atoms with Gasteiger partial charge < -0.3 is 10.2 Å². The van der Waals surface area contributed by atoms with Crippen LogP contribution in [-0.4, -0.2) is 29.8 Å². The summed E-state index contributed by atoms with van der Waals surface area (Å²) in [4.78, 5) is 26.5. The second-order valence-corrected chi connectivity index (χ2v) is 5.79. The molecule has 5 heteroatoms. The minimum absolute atomic E-state index is 0.00582. The van der Waals surface area contributed by atoms with Gasteiger partial charge in [-0.3, -0.25) is 9.59 Å². The molecule has 2 heterocycles. The zero-order chi connectivity index (χ0) is 14.7. The Hall–Kier alpha value is -2.14. The molecule has 4 nitrogen and oxygen atoms in total. The molecular formula is C16H16N2O2S. The lowest BCUT2D eigenvalue weighted by Crippen LogP contribution is -2.28. The van der Waals surface area contributed by atoms with Crippen molar-refractivity contribution in [2.24, 2.45) is 0 Å². The number of hydrogen-bond acceptors (Lipinski definition) is 3. The van der Waals surface area contributed by atoms with Gasteiger partial charge in [0.15, 0.2) is 0 Å². The van der Waals surface area contributed by atoms with Crippen LogP contribution in [0.25, 0.3) is 0 Å². The second-order valence-electron chi connectivity index (χ2n) is 5.01. The fourth-order valence-electron chi connectivity index (χ4n) is 2.46. The molecule has 108 valence electrons. The Bertz CT molecular complexity index is 646. The van der Waals surface area contributed by atoms with Crippen LogP contribution in [0.2, 0.25) is 0 Å². The van der Waals surface area contributed by atoms with Crippen molar-refractivity contribution < 1.29 is 9.59 Å². The van der Waals surface area contributed by atoms with E-state index in [0.717, 1.165) is 25.9 Å². The van der Waals surface area contributed by atoms with Crippen molar-refractivity contribution in [3.63, 3.8) is 0 Å². The Balaban J connectivity index is 1.82. The normalized spacial score (nSPS) is 14.2. The molecule has 1 aromatic carbocycles. The van der Waals surface area contributed by atoms with Crippen LogP contribution in [0.1, 0.15) is 33.6 Å². The van der Waals surface area contributed by atoms with E-state index >= 15 is 0 Å². The third-order valence-electron chi connectivity index (χ3n) is 3.58. The monoisotopic (exact) mass is 300 g/mol. The Morgan fingerprint density at radius 3 is 2.57 bits per heavy atom. The molecule has 0 spiro atoms. The van der Waals surface area contributed by atoms with Crippen molar-refractivity contribution in [2.45, 2.75) is 12.8 Å². The number of rotatable bonds is 3. The first-order valence-electron chi connectivity index (χ1n) is 6.97. The number of thiophene rings is 1. The van der Waals surface area contributed by atoms with Gasteiger partial charge in [-0.05, 0) is 36.4 Å². The van der Waals surface area contributed by atoms with E-state index in [0.29, 0.717) is 16.8 Å². The van der Waals surface area contributed by atoms with E-state index in [1.165, 1.54) is 11.3 Å². The Morgan fingerprint density at radius 1 is 1.10 bits per heavy atom. The van der Waals surface area contributed by atoms with Gasteiger partial charge in [0.2, 0.25) is 0 Å². The number of carbonyl (C=O) groups is 2. The minimum atomic E-state index is -0.182. The van der Waals surface area contributed by atoms with Crippen molar-refractivity contribution in [1.82, 2.24) is 4.90 Å². The van der Waals surface area contributed by atoms with Gasteiger partial charge in [0.05, 0.1) is 16.8 Å². The number of nitrogens with one attached hydrogen (secondary N) is 1. The number of likely N-dealkylation sites (tertiary alicyclic amines) is 1. The van der Waals surface area contributed by atoms with E-state index in [1.807, 2.05) is 22.4 Å². The lowest BCUT2D eigenvalue weighted by molar-refractivity contribution is 0.0794. The first-order valence-corrected chi connectivity index (χ1v) is 7.92. The van der Waals surface area contributed by atoms with Crippen molar-refractivity contribution in [2.75, 3.05) is 18.4 Å². The number of anilines is 1. The van der Waals surface area contributed by atoms with E-state index in [9.17, 15) is 9.59 Å². The van der Waals surface area contributed by atoms with Gasteiger partial charge in [0.25, 0.3) is 11.8 Å². The quantitative estimate of drug-likeness (QED) is 0.946. The topological polar surface area (TPSA) is 49.4 Å². The van der Waals surface area contributed by atoms with Crippen molar-refractivity contribution in [3.8, 4) is 0 Å². The zero-order valence-electron chi connectivity index (χ0n) is 11.5. The predicted molar refractivity (Wildman–Crippen MR) is 83.9 cm³/mol. The minimum Gasteiger partial charge on any atom is -0.339 e. The molecule has 1 fully saturated rings. The van der Waals surface area contributed by atoms with E-state index < -0.39 is 0 Å². The van der Waals surface area contributed by atoms with E-state index in [1.54, 1.807) is 23.6 Å². The molecule has 21 heavy (non-hydrogen) atoms. The fourth-order valence-corrected chi connectivity index (χ4v) is 3.09. The molecule has 0 saturated carbocycles. The van der Waals surface area contributed by atoms with Gasteiger partial charge in [-0.1, -0.05) is 12.1 Å². The van der Waals surface area contributed by atoms with Crippen molar-refractivity contribution in [3.05, 3.63) is 52.2 Å². The zero-order valence-corrected chi connectivity index (χ0v) is 12.4. The fraction of sp³-hybridized carbons (Fsp3) is 0.250. The third kappa shape index (κ3) is 2.97. The van der Waals surface area contributed by atoms with Crippen molar-refractivity contribution in [1.29, 1.82) is 0 Å². The van der Waals surface area contributed by atoms with Crippen LogP contribution in [-0.2, 0) is 0 Å². The molecule has 0 unspecified atom stereocenters. The van der Waals surface area contributed by atoms with Crippen LogP contribution >= 0.6 is 11.3 Å². The van der Waals surface area contributed by atoms with Gasteiger partial charge in [0, 0.05) is 18.5 Å². The second kappa shape index (κ2) is 6.10. The summed E-state index contributed by atoms with van der Waals surface area (Å²) in [6.45, 7) is 1.59. The van der Waals surface area contributed by atoms with Crippen LogP contribution in [0, 0.1) is 0 Å². The Kier molecular flexibility index (Phi) is 4.01. The van der Waals surface area contributed by atoms with Gasteiger partial charge in [-0.25, -0.2) is 0 Å². The summed E-state index contributed by atoms with van der Waals surface area (Å²) in [6, 6.07) is 8.95. The number of benzene rings is 1. The molecule has 1 aliphatic rings. The highest BCUT2D eigenvalue weighted by Crippen LogP contribution is 2.21. The third-order valence-corrected chi connectivity index (χ3v) is 4.27. The maximum absolute atomic E-state index is 12.5. The van der Waals surface area contributed by atoms with Crippen LogP contribution in [0.3, 0.4) is 0 Å². The summed E-state index contributed by atoms with van der Waals surface area (Å²) in [7, 11) is 0. The number of hydrogen-bond donors (Lipinski definition) is 1. The van der Waals surface area contributed by atoms with Crippen LogP contribution in [0.15, 0.2) is 41.1 Å². The average molecular weight is 300 g/mol. The Labute approximate surface area is 127 Å². The molecule has 3 rings (SSSR count). The SMILES string of the molecule is O=C(Nc1ccccc1C(=O)N1CCCC1)c1ccsc1. The Morgan fingerprint density at radius 2 is 1.86 bits per heavy atom. The number of nitrogens with zero attached hydrogens (tertiary/aromatic N) is 1. The molecule has 2 aromatic rings. The molecule has 2 amide bonds. The number of para-hydroxylation sites is 1. The standard InChI is InChI=1S/C16H16N2O2S/c19-15(12-7-10-21-11-12)17-14-6-2-1-5-13(14)16(20)18-8-3-4-9-18/h1-2,5-7,10-11H,3-4,8-9H2,(H,17,19). The molecule has 0 atom stereocenters. The highest BCUT2D eigenvalue weighted by molar-refractivity contribution is 7.08. The molecule has 1 aliphatic heterocycles. The predicted octanol–water partition coefficient (Wildman–Crippen LogP) is 3.24. The summed E-state index contributed by atoms with van der Waals surface area (Å²) in [5, 5.41) is 6.49. The molecule has 1 aromatic heterocycles. The smallest absolute Gasteiger partial charge is 0.256 e. The molecule has 0 bridgehead atoms. The molecule has 1 N–H and O–H groups in total. The highest BCUT2D eigenvalue weighted by Gasteiger charge is 2.22. The largest absolute Gasteiger partial charge is 0.339 e. The van der Waals surface area contributed by atoms with Gasteiger partial charge in [0.1, 0.15) is 0 Å². The molecular weight excluding hydrogens is 284 g/mol. The van der Waals surface area contributed by atoms with Gasteiger partial charge in [-0.15, -0.1) is 0 Å². The molecule has 1 saturated heterocycles. The number of carbonyl (C=O) groups excluding carboxylic acids is 2. The summed E-state index contributed by atoms with van der Waals surface area (Å²) >= 11 is 1.47. The van der Waals surface area contributed by atoms with Crippen LogP contribution in [0.4, 0.5) is 5.69 Å². The van der Waals surface area contributed by atoms with E-state index in [4.69, 9.17) is 0 Å². The van der Waals surface area contributed by atoms with Crippen LogP contribution in [0.5, 0.6) is 0 Å². The van der Waals surface area contributed by atoms with E-state index in [-0.39, 0.29) is 11.8 Å². The first kappa shape index (κ1) is 13.8. The average Bonchev–Trinajstić information content (AvgIpc) is 3.20. The lowest BCUT2D eigenvalue weighted by Gasteiger charge is -2.17. The number of amides is 2. The van der Waals surface area contributed by atoms with Crippen LogP contribution < -0.4 is 5.32 Å². The van der Waals surface area contributed by atoms with Crippen molar-refractivity contribution >= 4 is 28.8 Å². The summed E-state index contributed by atoms with van der Waals surface area (Å²) in [5.41, 5.74) is 1.75. The van der Waals surface area contributed by atoms with Gasteiger partial charge >= 0.3 is 0 Å². The van der Waals surface area contributed by atoms with E-state index in [2.05, 4.69) is 5.32 Å². The summed E-state index contributed by atoms with van der Waals surface area (Å²) in [5.74, 6) is -0.188. The summed E-state index contributed by atoms with van der Waals surface area (Å²) < 4.78 is 0. The maximum Gasteiger partial charge on any atom is 0.256 e. The summed E-state index contributed by atoms with van der Waals surface area (Å²) in [6.07, 6.45) is 2.10. The molecule has 0 aliphatic carbocycles.